The molecule has 0 radical (unpaired) electrons. The van der Waals surface area contributed by atoms with Gasteiger partial charge in [0.2, 0.25) is 0 Å². The third-order valence-electron chi connectivity index (χ3n) is 7.43. The lowest BCUT2D eigenvalue weighted by Crippen LogP contribution is -2.51. The highest BCUT2D eigenvalue weighted by Crippen LogP contribution is 2.40. The predicted octanol–water partition coefficient (Wildman–Crippen LogP) is 8.51. The third kappa shape index (κ3) is 5.91. The summed E-state index contributed by atoms with van der Waals surface area (Å²) in [6.45, 7) is 4.34. The van der Waals surface area contributed by atoms with Crippen LogP contribution in [0.5, 0.6) is 0 Å². The normalized spacial score (nSPS) is 16.8. The van der Waals surface area contributed by atoms with Crippen LogP contribution in [0.3, 0.4) is 0 Å². The van der Waals surface area contributed by atoms with E-state index in [2.05, 4.69) is 9.58 Å². The predicted molar refractivity (Wildman–Crippen MR) is 150 cm³/mol. The molecule has 1 aromatic heterocycles. The van der Waals surface area contributed by atoms with Gasteiger partial charge in [0.25, 0.3) is 5.91 Å². The van der Waals surface area contributed by atoms with E-state index in [-0.39, 0.29) is 12.3 Å². The maximum absolute atomic E-state index is 13.9. The van der Waals surface area contributed by atoms with Crippen LogP contribution >= 0.6 is 23.2 Å². The first-order valence-electron chi connectivity index (χ1n) is 13.2. The molecular formula is C30H30Cl2F3N3O. The lowest BCUT2D eigenvalue weighted by Gasteiger charge is -2.39. The van der Waals surface area contributed by atoms with E-state index in [1.807, 2.05) is 42.3 Å². The van der Waals surface area contributed by atoms with Crippen molar-refractivity contribution < 1.29 is 18.0 Å². The molecule has 1 saturated heterocycles. The molecule has 4 nitrogen and oxygen atoms in total. The first-order valence-corrected chi connectivity index (χ1v) is 14.0. The summed E-state index contributed by atoms with van der Waals surface area (Å²) in [5.74, 6) is 0.00459. The minimum atomic E-state index is -4.17. The lowest BCUT2D eigenvalue weighted by atomic mass is 10.0. The molecule has 206 valence electrons. The molecule has 39 heavy (non-hydrogen) atoms. The Morgan fingerprint density at radius 1 is 0.974 bits per heavy atom. The second-order valence-corrected chi connectivity index (χ2v) is 10.9. The van der Waals surface area contributed by atoms with Gasteiger partial charge in [-0.2, -0.15) is 13.2 Å². The molecule has 3 aromatic rings. The van der Waals surface area contributed by atoms with Crippen LogP contribution in [0.2, 0.25) is 10.0 Å². The molecule has 0 spiro atoms. The Morgan fingerprint density at radius 2 is 1.69 bits per heavy atom. The maximum Gasteiger partial charge on any atom is 0.389 e. The van der Waals surface area contributed by atoms with Gasteiger partial charge in [-0.3, -0.25) is 9.80 Å². The number of amides is 1. The second-order valence-electron chi connectivity index (χ2n) is 10.1. The number of allylic oxidation sites excluding steroid dienone is 1. The van der Waals surface area contributed by atoms with Crippen LogP contribution in [0.25, 0.3) is 23.0 Å². The minimum Gasteiger partial charge on any atom is -0.311 e. The number of piperidine rings is 1. The molecule has 1 amide bonds. The lowest BCUT2D eigenvalue weighted by molar-refractivity contribution is -0.133. The SMILES string of the molecule is Cc1c2c(n(-c3ccc(Cl)cc3Cl)c1-c1ccc(C=CCCC(F)(F)F)cc1)CCN(N1CCCCC1)C2=O. The highest BCUT2D eigenvalue weighted by molar-refractivity contribution is 6.35. The number of halogens is 5. The van der Waals surface area contributed by atoms with Crippen LogP contribution in [0.1, 0.15) is 59.3 Å². The summed E-state index contributed by atoms with van der Waals surface area (Å²) in [4.78, 5) is 13.9. The number of alkyl halides is 3. The average molecular weight is 576 g/mol. The summed E-state index contributed by atoms with van der Waals surface area (Å²) in [5, 5.41) is 5.09. The molecule has 2 aliphatic rings. The fourth-order valence-electron chi connectivity index (χ4n) is 5.59. The van der Waals surface area contributed by atoms with Crippen molar-refractivity contribution in [2.45, 2.75) is 51.6 Å². The summed E-state index contributed by atoms with van der Waals surface area (Å²) in [6, 6.07) is 13.0. The first kappa shape index (κ1) is 27.8. The summed E-state index contributed by atoms with van der Waals surface area (Å²) >= 11 is 12.9. The molecule has 1 fully saturated rings. The highest BCUT2D eigenvalue weighted by atomic mass is 35.5. The molecule has 0 unspecified atom stereocenters. The van der Waals surface area contributed by atoms with Gasteiger partial charge in [-0.05, 0) is 61.1 Å². The summed E-state index contributed by atoms with van der Waals surface area (Å²) in [6.07, 6.45) is 2.19. The number of carbonyl (C=O) groups is 1. The van der Waals surface area contributed by atoms with Gasteiger partial charge in [-0.1, -0.05) is 66.0 Å². The molecule has 9 heteroatoms. The van der Waals surface area contributed by atoms with Crippen molar-refractivity contribution in [2.75, 3.05) is 19.6 Å². The van der Waals surface area contributed by atoms with E-state index in [1.165, 1.54) is 12.5 Å². The van der Waals surface area contributed by atoms with Crippen LogP contribution in [0, 0.1) is 6.92 Å². The Morgan fingerprint density at radius 3 is 2.36 bits per heavy atom. The Kier molecular flexibility index (Phi) is 8.13. The van der Waals surface area contributed by atoms with Crippen molar-refractivity contribution in [2.24, 2.45) is 0 Å². The van der Waals surface area contributed by atoms with Crippen LogP contribution in [0.4, 0.5) is 13.2 Å². The molecule has 3 heterocycles. The Labute approximate surface area is 236 Å². The highest BCUT2D eigenvalue weighted by Gasteiger charge is 2.36. The van der Waals surface area contributed by atoms with Crippen LogP contribution < -0.4 is 0 Å². The zero-order valence-corrected chi connectivity index (χ0v) is 23.2. The number of nitrogens with zero attached hydrogens (tertiary/aromatic N) is 3. The fraction of sp³-hybridized carbons (Fsp3) is 0.367. The van der Waals surface area contributed by atoms with E-state index < -0.39 is 12.6 Å². The number of hydrogen-bond donors (Lipinski definition) is 0. The number of benzene rings is 2. The topological polar surface area (TPSA) is 28.5 Å². The minimum absolute atomic E-state index is 0.00459. The number of rotatable bonds is 6. The Hall–Kier alpha value is -2.74. The van der Waals surface area contributed by atoms with Gasteiger partial charge in [0, 0.05) is 43.2 Å². The van der Waals surface area contributed by atoms with Gasteiger partial charge < -0.3 is 4.57 Å². The van der Waals surface area contributed by atoms with Crippen LogP contribution in [0.15, 0.2) is 48.5 Å². The standard InChI is InChI=1S/C30H30Cl2F3N3O/c1-20-27-26(14-18-37(29(27)39)36-16-5-2-6-17-36)38(25-13-12-23(31)19-24(25)32)28(20)22-10-8-21(9-11-22)7-3-4-15-30(33,34)35/h3,7-13,19H,2,4-6,14-18H2,1H3. The smallest absolute Gasteiger partial charge is 0.311 e. The van der Waals surface area contributed by atoms with Crippen molar-refractivity contribution in [1.29, 1.82) is 0 Å². The van der Waals surface area contributed by atoms with Crippen molar-refractivity contribution >= 4 is 35.2 Å². The summed E-state index contributed by atoms with van der Waals surface area (Å²) < 4.78 is 39.5. The van der Waals surface area contributed by atoms with Crippen LogP contribution in [-0.2, 0) is 6.42 Å². The largest absolute Gasteiger partial charge is 0.389 e. The molecule has 0 saturated carbocycles. The van der Waals surface area contributed by atoms with E-state index >= 15 is 0 Å². The van der Waals surface area contributed by atoms with E-state index in [0.29, 0.717) is 28.6 Å². The molecule has 2 aliphatic heterocycles. The molecule has 5 rings (SSSR count). The number of fused-ring (bicyclic) bond motifs is 1. The Bertz CT molecular complexity index is 1390. The quantitative estimate of drug-likeness (QED) is 0.294. The monoisotopic (exact) mass is 575 g/mol. The van der Waals surface area contributed by atoms with Gasteiger partial charge in [-0.25, -0.2) is 5.01 Å². The van der Waals surface area contributed by atoms with Crippen molar-refractivity contribution in [3.63, 3.8) is 0 Å². The zero-order valence-electron chi connectivity index (χ0n) is 21.7. The number of aromatic nitrogens is 1. The number of hydrazine groups is 1. The molecular weight excluding hydrogens is 546 g/mol. The van der Waals surface area contributed by atoms with Gasteiger partial charge in [0.15, 0.2) is 0 Å². The molecule has 0 aliphatic carbocycles. The van der Waals surface area contributed by atoms with Gasteiger partial charge in [0.05, 0.1) is 22.0 Å². The molecule has 2 aromatic carbocycles. The number of hydrogen-bond acceptors (Lipinski definition) is 2. The van der Waals surface area contributed by atoms with Crippen molar-refractivity contribution in [3.05, 3.63) is 81.0 Å². The average Bonchev–Trinajstić information content (AvgIpc) is 3.20. The maximum atomic E-state index is 13.9. The van der Waals surface area contributed by atoms with E-state index in [0.717, 1.165) is 59.7 Å². The van der Waals surface area contributed by atoms with E-state index in [9.17, 15) is 18.0 Å². The van der Waals surface area contributed by atoms with Crippen molar-refractivity contribution in [1.82, 2.24) is 14.6 Å². The van der Waals surface area contributed by atoms with Crippen LogP contribution in [-0.4, -0.2) is 46.3 Å². The third-order valence-corrected chi connectivity index (χ3v) is 7.97. The van der Waals surface area contributed by atoms with E-state index in [4.69, 9.17) is 23.2 Å². The summed E-state index contributed by atoms with van der Waals surface area (Å²) in [7, 11) is 0. The molecule has 0 N–H and O–H groups in total. The molecule has 0 atom stereocenters. The second kappa shape index (κ2) is 11.4. The summed E-state index contributed by atoms with van der Waals surface area (Å²) in [5.41, 5.74) is 5.79. The fourth-order valence-corrected chi connectivity index (χ4v) is 6.09. The van der Waals surface area contributed by atoms with Gasteiger partial charge >= 0.3 is 6.18 Å². The van der Waals surface area contributed by atoms with E-state index in [1.54, 1.807) is 18.2 Å². The Balaban J connectivity index is 1.55. The van der Waals surface area contributed by atoms with Gasteiger partial charge in [0.1, 0.15) is 0 Å². The van der Waals surface area contributed by atoms with Gasteiger partial charge in [-0.15, -0.1) is 0 Å². The van der Waals surface area contributed by atoms with Crippen molar-refractivity contribution in [3.8, 4) is 16.9 Å². The zero-order chi connectivity index (χ0) is 27.7. The first-order chi connectivity index (χ1) is 18.6. The molecule has 0 bridgehead atoms. The number of carbonyl (C=O) groups excluding carboxylic acids is 1.